The van der Waals surface area contributed by atoms with E-state index in [-0.39, 0.29) is 35.2 Å². The van der Waals surface area contributed by atoms with Crippen molar-refractivity contribution in [3.05, 3.63) is 88.7 Å². The van der Waals surface area contributed by atoms with Crippen LogP contribution >= 0.6 is 0 Å². The largest absolute Gasteiger partial charge is 0.383 e. The van der Waals surface area contributed by atoms with Crippen LogP contribution in [-0.4, -0.2) is 53.9 Å². The van der Waals surface area contributed by atoms with Gasteiger partial charge < -0.3 is 15.2 Å². The predicted molar refractivity (Wildman–Crippen MR) is 140 cm³/mol. The van der Waals surface area contributed by atoms with E-state index in [0.717, 1.165) is 53.4 Å². The maximum absolute atomic E-state index is 15.6. The molecule has 12 heteroatoms. The van der Waals surface area contributed by atoms with E-state index < -0.39 is 23.1 Å². The summed E-state index contributed by atoms with van der Waals surface area (Å²) >= 11 is 0. The van der Waals surface area contributed by atoms with Gasteiger partial charge in [0.25, 0.3) is 0 Å². The van der Waals surface area contributed by atoms with Crippen LogP contribution in [0.15, 0.2) is 60.0 Å². The number of nitrogens with zero attached hydrogens (tertiary/aromatic N) is 7. The highest BCUT2D eigenvalue weighted by Gasteiger charge is 2.25. The van der Waals surface area contributed by atoms with Gasteiger partial charge in [-0.05, 0) is 63.3 Å². The first-order valence-electron chi connectivity index (χ1n) is 12.5. The Morgan fingerprint density at radius 3 is 2.56 bits per heavy atom. The molecule has 1 aliphatic rings. The molecule has 5 aromatic rings. The average molecular weight is 535 g/mol. The second kappa shape index (κ2) is 9.70. The molecule has 9 nitrogen and oxygen atoms in total. The predicted octanol–water partition coefficient (Wildman–Crippen LogP) is 3.76. The summed E-state index contributed by atoms with van der Waals surface area (Å²) in [7, 11) is 2.08. The summed E-state index contributed by atoms with van der Waals surface area (Å²) in [5.74, 6) is -1.60. The summed E-state index contributed by atoms with van der Waals surface area (Å²) in [5.41, 5.74) is 7.28. The van der Waals surface area contributed by atoms with Gasteiger partial charge in [0.1, 0.15) is 41.6 Å². The molecule has 6 rings (SSSR count). The maximum atomic E-state index is 15.6. The molecule has 1 aliphatic heterocycles. The minimum Gasteiger partial charge on any atom is -0.383 e. The van der Waals surface area contributed by atoms with E-state index in [0.29, 0.717) is 16.6 Å². The van der Waals surface area contributed by atoms with Crippen molar-refractivity contribution in [1.82, 2.24) is 33.8 Å². The maximum Gasteiger partial charge on any atom is 0.350 e. The molecule has 39 heavy (non-hydrogen) atoms. The Kier molecular flexibility index (Phi) is 6.18. The van der Waals surface area contributed by atoms with Crippen LogP contribution in [0.3, 0.4) is 0 Å². The van der Waals surface area contributed by atoms with Crippen LogP contribution in [0.1, 0.15) is 24.4 Å². The van der Waals surface area contributed by atoms with Gasteiger partial charge in [-0.15, -0.1) is 0 Å². The van der Waals surface area contributed by atoms with E-state index in [1.807, 2.05) is 6.20 Å². The van der Waals surface area contributed by atoms with Gasteiger partial charge in [0.15, 0.2) is 0 Å². The number of rotatable bonds is 5. The SMILES string of the molecule is CN1CCC(n2cc(-c3ccc(-n4ncn(Cc5cc(F)ccc5F)c4=O)cc3F)c3c(N)ncnc32)CC1. The second-order valence-corrected chi connectivity index (χ2v) is 9.80. The first kappa shape index (κ1) is 24.9. The number of likely N-dealkylation sites (tertiary alicyclic amines) is 1. The van der Waals surface area contributed by atoms with Crippen LogP contribution < -0.4 is 11.4 Å². The van der Waals surface area contributed by atoms with Crippen molar-refractivity contribution >= 4 is 16.9 Å². The molecule has 2 N–H and O–H groups in total. The highest BCUT2D eigenvalue weighted by molar-refractivity contribution is 6.00. The molecule has 0 aliphatic carbocycles. The number of aromatic nitrogens is 6. The van der Waals surface area contributed by atoms with E-state index >= 15 is 4.39 Å². The number of piperidine rings is 1. The molecule has 0 bridgehead atoms. The molecule has 0 unspecified atom stereocenters. The normalized spacial score (nSPS) is 14.9. The van der Waals surface area contributed by atoms with E-state index in [9.17, 15) is 13.6 Å². The molecule has 200 valence electrons. The van der Waals surface area contributed by atoms with E-state index in [4.69, 9.17) is 5.73 Å². The third kappa shape index (κ3) is 4.46. The summed E-state index contributed by atoms with van der Waals surface area (Å²) < 4.78 is 47.4. The fourth-order valence-electron chi connectivity index (χ4n) is 5.19. The minimum atomic E-state index is -0.644. The molecule has 0 atom stereocenters. The molecule has 3 aromatic heterocycles. The van der Waals surface area contributed by atoms with Gasteiger partial charge in [0.05, 0.1) is 17.6 Å². The Morgan fingerprint density at radius 1 is 1.00 bits per heavy atom. The Morgan fingerprint density at radius 2 is 1.79 bits per heavy atom. The molecule has 0 saturated carbocycles. The number of hydrogen-bond donors (Lipinski definition) is 1. The molecule has 4 heterocycles. The van der Waals surface area contributed by atoms with Crippen LogP contribution in [-0.2, 0) is 6.54 Å². The van der Waals surface area contributed by atoms with Gasteiger partial charge >= 0.3 is 5.69 Å². The van der Waals surface area contributed by atoms with Crippen molar-refractivity contribution in [2.45, 2.75) is 25.4 Å². The lowest BCUT2D eigenvalue weighted by Gasteiger charge is -2.30. The fourth-order valence-corrected chi connectivity index (χ4v) is 5.19. The summed E-state index contributed by atoms with van der Waals surface area (Å²) in [5, 5.41) is 4.62. The Bertz CT molecular complexity index is 1750. The van der Waals surface area contributed by atoms with Crippen LogP contribution in [0.4, 0.5) is 19.0 Å². The lowest BCUT2D eigenvalue weighted by atomic mass is 10.0. The molecule has 2 aromatic carbocycles. The van der Waals surface area contributed by atoms with Gasteiger partial charge in [0.2, 0.25) is 0 Å². The summed E-state index contributed by atoms with van der Waals surface area (Å²) in [6.07, 6.45) is 6.33. The highest BCUT2D eigenvalue weighted by Crippen LogP contribution is 2.37. The zero-order valence-corrected chi connectivity index (χ0v) is 21.1. The summed E-state index contributed by atoms with van der Waals surface area (Å²) in [4.78, 5) is 23.8. The van der Waals surface area contributed by atoms with Gasteiger partial charge in [-0.25, -0.2) is 27.9 Å². The minimum absolute atomic E-state index is 0.000938. The number of anilines is 1. The third-order valence-corrected chi connectivity index (χ3v) is 7.29. The lowest BCUT2D eigenvalue weighted by Crippen LogP contribution is -2.31. The monoisotopic (exact) mass is 534 g/mol. The van der Waals surface area contributed by atoms with Crippen molar-refractivity contribution in [1.29, 1.82) is 0 Å². The van der Waals surface area contributed by atoms with Crippen molar-refractivity contribution in [3.8, 4) is 16.8 Å². The molecular weight excluding hydrogens is 509 g/mol. The number of hydrogen-bond acceptors (Lipinski definition) is 6. The first-order valence-corrected chi connectivity index (χ1v) is 12.5. The zero-order chi connectivity index (χ0) is 27.3. The van der Waals surface area contributed by atoms with Crippen molar-refractivity contribution in [3.63, 3.8) is 0 Å². The Labute approximate surface area is 220 Å². The smallest absolute Gasteiger partial charge is 0.350 e. The van der Waals surface area contributed by atoms with Crippen LogP contribution in [0.2, 0.25) is 0 Å². The number of benzene rings is 2. The lowest BCUT2D eigenvalue weighted by molar-refractivity contribution is 0.224. The topological polar surface area (TPSA) is 99.8 Å². The second-order valence-electron chi connectivity index (χ2n) is 9.80. The number of fused-ring (bicyclic) bond motifs is 1. The number of nitrogen functional groups attached to an aromatic ring is 1. The molecule has 1 saturated heterocycles. The number of nitrogens with two attached hydrogens (primary N) is 1. The van der Waals surface area contributed by atoms with Crippen molar-refractivity contribution in [2.24, 2.45) is 0 Å². The number of halogens is 3. The van der Waals surface area contributed by atoms with Crippen LogP contribution in [0, 0.1) is 17.5 Å². The fraction of sp³-hybridized carbons (Fsp3) is 0.259. The third-order valence-electron chi connectivity index (χ3n) is 7.29. The quantitative estimate of drug-likeness (QED) is 0.369. The Hall–Kier alpha value is -4.45. The van der Waals surface area contributed by atoms with Crippen molar-refractivity contribution in [2.75, 3.05) is 25.9 Å². The van der Waals surface area contributed by atoms with E-state index in [1.165, 1.54) is 18.7 Å². The zero-order valence-electron chi connectivity index (χ0n) is 21.1. The molecular formula is C27H25F3N8O. The van der Waals surface area contributed by atoms with E-state index in [2.05, 4.69) is 31.6 Å². The van der Waals surface area contributed by atoms with Crippen molar-refractivity contribution < 1.29 is 13.2 Å². The van der Waals surface area contributed by atoms with Gasteiger partial charge in [0, 0.05) is 35.0 Å². The summed E-state index contributed by atoms with van der Waals surface area (Å²) in [6, 6.07) is 7.54. The van der Waals surface area contributed by atoms with Crippen LogP contribution in [0.25, 0.3) is 27.8 Å². The van der Waals surface area contributed by atoms with E-state index in [1.54, 1.807) is 12.1 Å². The standard InChI is InChI=1S/C27H25F3N8O/c1-35-8-6-18(7-9-35)37-13-21(24-25(31)32-14-33-26(24)37)20-4-3-19(11-23(20)30)38-27(39)36(15-34-38)12-16-10-17(28)2-5-22(16)29/h2-5,10-11,13-15,18H,6-9,12H2,1H3,(H2,31,32,33). The Balaban J connectivity index is 1.36. The van der Waals surface area contributed by atoms with Gasteiger partial charge in [-0.2, -0.15) is 9.78 Å². The van der Waals surface area contributed by atoms with Crippen LogP contribution in [0.5, 0.6) is 0 Å². The first-order chi connectivity index (χ1) is 18.8. The highest BCUT2D eigenvalue weighted by atomic mass is 19.1. The molecule has 0 spiro atoms. The molecule has 0 amide bonds. The average Bonchev–Trinajstić information content (AvgIpc) is 3.48. The molecule has 0 radical (unpaired) electrons. The van der Waals surface area contributed by atoms with Gasteiger partial charge in [-0.1, -0.05) is 0 Å². The molecule has 1 fully saturated rings. The van der Waals surface area contributed by atoms with Gasteiger partial charge in [-0.3, -0.25) is 4.57 Å². The summed E-state index contributed by atoms with van der Waals surface area (Å²) in [6.45, 7) is 1.66.